The van der Waals surface area contributed by atoms with Gasteiger partial charge in [0.05, 0.1) is 17.7 Å². The van der Waals surface area contributed by atoms with Gasteiger partial charge in [0.2, 0.25) is 11.8 Å². The zero-order chi connectivity index (χ0) is 15.2. The molecule has 1 aliphatic heterocycles. The SMILES string of the molecule is NC[C@H]1CC[C@@H](C(=O)NCCOc2ncc(Cl)cc2Cl)O1. The Hall–Kier alpha value is -1.08. The van der Waals surface area contributed by atoms with Crippen LogP contribution in [-0.4, -0.2) is 42.8 Å². The zero-order valence-electron chi connectivity index (χ0n) is 11.4. The second-order valence-electron chi connectivity index (χ2n) is 4.64. The maximum Gasteiger partial charge on any atom is 0.249 e. The second-order valence-corrected chi connectivity index (χ2v) is 5.48. The highest BCUT2D eigenvalue weighted by Gasteiger charge is 2.29. The number of pyridine rings is 1. The van der Waals surface area contributed by atoms with Gasteiger partial charge >= 0.3 is 0 Å². The van der Waals surface area contributed by atoms with E-state index < -0.39 is 6.10 Å². The average Bonchev–Trinajstić information content (AvgIpc) is 2.94. The van der Waals surface area contributed by atoms with Gasteiger partial charge in [0.1, 0.15) is 17.7 Å². The molecule has 8 heteroatoms. The summed E-state index contributed by atoms with van der Waals surface area (Å²) in [5, 5.41) is 3.51. The molecule has 1 saturated heterocycles. The first-order chi connectivity index (χ1) is 10.1. The van der Waals surface area contributed by atoms with Crippen molar-refractivity contribution in [3.8, 4) is 5.88 Å². The molecule has 0 bridgehead atoms. The molecule has 0 aromatic carbocycles. The molecule has 116 valence electrons. The number of hydrogen-bond donors (Lipinski definition) is 2. The Balaban J connectivity index is 1.69. The number of ether oxygens (including phenoxy) is 2. The van der Waals surface area contributed by atoms with Gasteiger partial charge < -0.3 is 20.5 Å². The molecule has 0 saturated carbocycles. The Morgan fingerprint density at radius 1 is 1.52 bits per heavy atom. The van der Waals surface area contributed by atoms with Crippen LogP contribution in [0.5, 0.6) is 5.88 Å². The number of rotatable bonds is 6. The number of halogens is 2. The van der Waals surface area contributed by atoms with E-state index in [0.717, 1.165) is 6.42 Å². The van der Waals surface area contributed by atoms with Crippen LogP contribution >= 0.6 is 23.2 Å². The van der Waals surface area contributed by atoms with Gasteiger partial charge in [-0.2, -0.15) is 0 Å². The van der Waals surface area contributed by atoms with E-state index in [0.29, 0.717) is 29.6 Å². The fourth-order valence-corrected chi connectivity index (χ4v) is 2.45. The quantitative estimate of drug-likeness (QED) is 0.768. The molecule has 2 atom stereocenters. The van der Waals surface area contributed by atoms with Crippen LogP contribution < -0.4 is 15.8 Å². The lowest BCUT2D eigenvalue weighted by Crippen LogP contribution is -2.37. The number of nitrogens with one attached hydrogen (secondary N) is 1. The third-order valence-electron chi connectivity index (χ3n) is 3.08. The highest BCUT2D eigenvalue weighted by atomic mass is 35.5. The van der Waals surface area contributed by atoms with E-state index in [1.165, 1.54) is 6.20 Å². The molecule has 0 unspecified atom stereocenters. The van der Waals surface area contributed by atoms with Gasteiger partial charge in [-0.25, -0.2) is 4.98 Å². The predicted octanol–water partition coefficient (Wildman–Crippen LogP) is 1.39. The molecule has 0 aliphatic carbocycles. The lowest BCUT2D eigenvalue weighted by atomic mass is 10.2. The van der Waals surface area contributed by atoms with Crippen molar-refractivity contribution in [1.82, 2.24) is 10.3 Å². The molecular formula is C13H17Cl2N3O3. The third kappa shape index (κ3) is 4.71. The Labute approximate surface area is 132 Å². The van der Waals surface area contributed by atoms with E-state index in [1.807, 2.05) is 0 Å². The summed E-state index contributed by atoms with van der Waals surface area (Å²) in [5.74, 6) is 0.139. The van der Waals surface area contributed by atoms with Crippen LogP contribution in [0, 0.1) is 0 Å². The minimum absolute atomic E-state index is 0.0194. The first-order valence-electron chi connectivity index (χ1n) is 6.67. The lowest BCUT2D eigenvalue weighted by molar-refractivity contribution is -0.131. The number of carbonyl (C=O) groups excluding carboxylic acids is 1. The van der Waals surface area contributed by atoms with Crippen LogP contribution in [0.3, 0.4) is 0 Å². The number of hydrogen-bond acceptors (Lipinski definition) is 5. The number of nitrogens with zero attached hydrogens (tertiary/aromatic N) is 1. The van der Waals surface area contributed by atoms with Crippen LogP contribution in [0.2, 0.25) is 10.0 Å². The first kappa shape index (κ1) is 16.3. The largest absolute Gasteiger partial charge is 0.475 e. The topological polar surface area (TPSA) is 86.5 Å². The summed E-state index contributed by atoms with van der Waals surface area (Å²) in [6, 6.07) is 1.54. The van der Waals surface area contributed by atoms with Gasteiger partial charge in [0, 0.05) is 12.7 Å². The summed E-state index contributed by atoms with van der Waals surface area (Å²) in [4.78, 5) is 15.8. The van der Waals surface area contributed by atoms with Gasteiger partial charge in [0.15, 0.2) is 0 Å². The molecule has 3 N–H and O–H groups in total. The van der Waals surface area contributed by atoms with Crippen LogP contribution in [0.1, 0.15) is 12.8 Å². The van der Waals surface area contributed by atoms with E-state index >= 15 is 0 Å². The van der Waals surface area contributed by atoms with Crippen molar-refractivity contribution >= 4 is 29.1 Å². The molecule has 0 radical (unpaired) electrons. The highest BCUT2D eigenvalue weighted by Crippen LogP contribution is 2.24. The molecule has 2 heterocycles. The Bertz CT molecular complexity index is 502. The second kappa shape index (κ2) is 7.79. The monoisotopic (exact) mass is 333 g/mol. The van der Waals surface area contributed by atoms with E-state index in [-0.39, 0.29) is 24.5 Å². The Morgan fingerprint density at radius 3 is 3.00 bits per heavy atom. The van der Waals surface area contributed by atoms with Crippen LogP contribution in [-0.2, 0) is 9.53 Å². The van der Waals surface area contributed by atoms with E-state index in [2.05, 4.69) is 10.3 Å². The lowest BCUT2D eigenvalue weighted by Gasteiger charge is -2.13. The van der Waals surface area contributed by atoms with E-state index in [1.54, 1.807) is 6.07 Å². The van der Waals surface area contributed by atoms with Crippen molar-refractivity contribution in [2.75, 3.05) is 19.7 Å². The molecule has 21 heavy (non-hydrogen) atoms. The summed E-state index contributed by atoms with van der Waals surface area (Å²) < 4.78 is 10.9. The van der Waals surface area contributed by atoms with Gasteiger partial charge in [-0.05, 0) is 18.9 Å². The van der Waals surface area contributed by atoms with Gasteiger partial charge in [-0.15, -0.1) is 0 Å². The zero-order valence-corrected chi connectivity index (χ0v) is 12.9. The average molecular weight is 334 g/mol. The minimum Gasteiger partial charge on any atom is -0.475 e. The molecule has 6 nitrogen and oxygen atoms in total. The maximum atomic E-state index is 11.8. The van der Waals surface area contributed by atoms with Gasteiger partial charge in [-0.3, -0.25) is 4.79 Å². The molecular weight excluding hydrogens is 317 g/mol. The number of aromatic nitrogens is 1. The summed E-state index contributed by atoms with van der Waals surface area (Å²) in [7, 11) is 0. The summed E-state index contributed by atoms with van der Waals surface area (Å²) in [6.07, 6.45) is 2.51. The smallest absolute Gasteiger partial charge is 0.249 e. The number of carbonyl (C=O) groups is 1. The van der Waals surface area contributed by atoms with Crippen molar-refractivity contribution in [2.45, 2.75) is 25.0 Å². The van der Waals surface area contributed by atoms with E-state index in [4.69, 9.17) is 38.4 Å². The Morgan fingerprint density at radius 2 is 2.33 bits per heavy atom. The molecule has 1 aromatic heterocycles. The normalized spacial score (nSPS) is 21.3. The van der Waals surface area contributed by atoms with Gasteiger partial charge in [0.25, 0.3) is 0 Å². The van der Waals surface area contributed by atoms with E-state index in [9.17, 15) is 4.79 Å². The fraction of sp³-hybridized carbons (Fsp3) is 0.538. The maximum absolute atomic E-state index is 11.8. The molecule has 1 aromatic rings. The molecule has 1 fully saturated rings. The minimum atomic E-state index is -0.421. The third-order valence-corrected chi connectivity index (χ3v) is 3.55. The Kier molecular flexibility index (Phi) is 6.05. The van der Waals surface area contributed by atoms with Crippen LogP contribution in [0.15, 0.2) is 12.3 Å². The van der Waals surface area contributed by atoms with Crippen molar-refractivity contribution in [1.29, 1.82) is 0 Å². The van der Waals surface area contributed by atoms with Crippen LogP contribution in [0.4, 0.5) is 0 Å². The highest BCUT2D eigenvalue weighted by molar-refractivity contribution is 6.35. The van der Waals surface area contributed by atoms with Crippen LogP contribution in [0.25, 0.3) is 0 Å². The standard InChI is InChI=1S/C13H17Cl2N3O3/c14-8-5-10(15)13(18-7-8)20-4-3-17-12(19)11-2-1-9(6-16)21-11/h5,7,9,11H,1-4,6,16H2,(H,17,19)/t9-,11+/m1/s1. The van der Waals surface area contributed by atoms with Crippen molar-refractivity contribution in [2.24, 2.45) is 5.73 Å². The predicted molar refractivity (Wildman–Crippen MR) is 79.7 cm³/mol. The summed E-state index contributed by atoms with van der Waals surface area (Å²) in [5.41, 5.74) is 5.50. The first-order valence-corrected chi connectivity index (χ1v) is 7.43. The number of amides is 1. The number of nitrogens with two attached hydrogens (primary N) is 1. The molecule has 1 aliphatic rings. The molecule has 0 spiro atoms. The molecule has 1 amide bonds. The van der Waals surface area contributed by atoms with Crippen molar-refractivity contribution in [3.05, 3.63) is 22.3 Å². The molecule has 2 rings (SSSR count). The summed E-state index contributed by atoms with van der Waals surface area (Å²) >= 11 is 11.6. The fourth-order valence-electron chi connectivity index (χ4n) is 2.02. The van der Waals surface area contributed by atoms with Gasteiger partial charge in [-0.1, -0.05) is 23.2 Å². The van der Waals surface area contributed by atoms with Crippen molar-refractivity contribution in [3.63, 3.8) is 0 Å². The van der Waals surface area contributed by atoms with Crippen molar-refractivity contribution < 1.29 is 14.3 Å². The summed E-state index contributed by atoms with van der Waals surface area (Å²) in [6.45, 7) is 1.04.